The summed E-state index contributed by atoms with van der Waals surface area (Å²) in [4.78, 5) is 44.2. The lowest BCUT2D eigenvalue weighted by Gasteiger charge is -2.14. The molecule has 0 saturated heterocycles. The van der Waals surface area contributed by atoms with Crippen LogP contribution in [0.1, 0.15) is 36.9 Å². The van der Waals surface area contributed by atoms with Gasteiger partial charge >= 0.3 is 12.1 Å². The number of rotatable bonds is 12. The lowest BCUT2D eigenvalue weighted by atomic mass is 10.1. The van der Waals surface area contributed by atoms with Gasteiger partial charge in [-0.3, -0.25) is 9.78 Å². The van der Waals surface area contributed by atoms with Gasteiger partial charge in [-0.25, -0.2) is 14.6 Å². The maximum absolute atomic E-state index is 12.2. The Labute approximate surface area is 197 Å². The van der Waals surface area contributed by atoms with Crippen molar-refractivity contribution >= 4 is 29.0 Å². The quantitative estimate of drug-likeness (QED) is 0.351. The van der Waals surface area contributed by atoms with Gasteiger partial charge in [0.2, 0.25) is 5.91 Å². The number of nitrogens with one attached hydrogen (secondary N) is 2. The van der Waals surface area contributed by atoms with Crippen molar-refractivity contribution in [2.24, 2.45) is 0 Å². The molecular formula is C25H28N4O5. The fourth-order valence-corrected chi connectivity index (χ4v) is 3.32. The molecule has 0 aliphatic rings. The van der Waals surface area contributed by atoms with Gasteiger partial charge in [-0.2, -0.15) is 0 Å². The van der Waals surface area contributed by atoms with Gasteiger partial charge in [-0.05, 0) is 30.5 Å². The minimum absolute atomic E-state index is 0.0495. The molecule has 178 valence electrons. The SMILES string of the molecule is O=C(CCCCCNC(=O)OCc1ccccc1)N[C@H](Cc1cnc2ccccc2n1)C(=O)O. The van der Waals surface area contributed by atoms with Crippen LogP contribution in [0.15, 0.2) is 60.8 Å². The average molecular weight is 465 g/mol. The van der Waals surface area contributed by atoms with Crippen LogP contribution in [0, 0.1) is 0 Å². The second-order valence-electron chi connectivity index (χ2n) is 7.81. The molecule has 0 aliphatic carbocycles. The minimum Gasteiger partial charge on any atom is -0.480 e. The molecule has 3 rings (SSSR count). The molecule has 0 bridgehead atoms. The monoisotopic (exact) mass is 464 g/mol. The van der Waals surface area contributed by atoms with Crippen LogP contribution in [0.3, 0.4) is 0 Å². The van der Waals surface area contributed by atoms with Crippen LogP contribution in [0.25, 0.3) is 11.0 Å². The van der Waals surface area contributed by atoms with E-state index < -0.39 is 18.1 Å². The topological polar surface area (TPSA) is 131 Å². The summed E-state index contributed by atoms with van der Waals surface area (Å²) in [6, 6.07) is 15.6. The molecule has 0 aliphatic heterocycles. The van der Waals surface area contributed by atoms with Gasteiger partial charge in [0.1, 0.15) is 12.6 Å². The molecule has 3 N–H and O–H groups in total. The highest BCUT2D eigenvalue weighted by Crippen LogP contribution is 2.10. The third-order valence-corrected chi connectivity index (χ3v) is 5.11. The number of alkyl carbamates (subject to hydrolysis) is 1. The number of aromatic nitrogens is 2. The van der Waals surface area contributed by atoms with Crippen molar-refractivity contribution in [3.05, 3.63) is 72.1 Å². The second-order valence-corrected chi connectivity index (χ2v) is 7.81. The number of nitrogens with zero attached hydrogens (tertiary/aromatic N) is 2. The van der Waals surface area contributed by atoms with Crippen LogP contribution in [0.5, 0.6) is 0 Å². The number of hydrogen-bond acceptors (Lipinski definition) is 6. The second kappa shape index (κ2) is 12.9. The van der Waals surface area contributed by atoms with E-state index in [1.54, 1.807) is 6.07 Å². The Morgan fingerprint density at radius 1 is 0.941 bits per heavy atom. The Hall–Kier alpha value is -4.01. The first-order chi connectivity index (χ1) is 16.5. The normalized spacial score (nSPS) is 11.5. The van der Waals surface area contributed by atoms with Crippen LogP contribution < -0.4 is 10.6 Å². The van der Waals surface area contributed by atoms with Gasteiger partial charge in [0.25, 0.3) is 0 Å². The number of fused-ring (bicyclic) bond motifs is 1. The number of amides is 2. The molecule has 2 amide bonds. The average Bonchev–Trinajstić information content (AvgIpc) is 2.85. The van der Waals surface area contributed by atoms with E-state index in [4.69, 9.17) is 4.74 Å². The van der Waals surface area contributed by atoms with Gasteiger partial charge in [0.15, 0.2) is 0 Å². The highest BCUT2D eigenvalue weighted by molar-refractivity contribution is 5.83. The Morgan fingerprint density at radius 3 is 2.44 bits per heavy atom. The number of carboxylic acids is 1. The van der Waals surface area contributed by atoms with E-state index >= 15 is 0 Å². The standard InChI is InChI=1S/C25H28N4O5/c30-23(13-5-2-8-14-26-25(33)34-17-18-9-3-1-4-10-18)29-22(24(31)32)15-19-16-27-20-11-6-7-12-21(20)28-19/h1,3-4,6-7,9-12,16,22H,2,5,8,13-15,17H2,(H,26,33)(H,29,30)(H,31,32)/t22-/m1/s1. The predicted molar refractivity (Wildman–Crippen MR) is 126 cm³/mol. The molecular weight excluding hydrogens is 436 g/mol. The van der Waals surface area contributed by atoms with E-state index in [0.717, 1.165) is 11.1 Å². The van der Waals surface area contributed by atoms with Gasteiger partial charge in [-0.1, -0.05) is 48.9 Å². The molecule has 9 nitrogen and oxygen atoms in total. The highest BCUT2D eigenvalue weighted by Gasteiger charge is 2.21. The number of aliphatic carboxylic acids is 1. The number of benzene rings is 2. The van der Waals surface area contributed by atoms with E-state index in [2.05, 4.69) is 20.6 Å². The molecule has 9 heteroatoms. The maximum atomic E-state index is 12.2. The van der Waals surface area contributed by atoms with Crippen molar-refractivity contribution < 1.29 is 24.2 Å². The van der Waals surface area contributed by atoms with Crippen molar-refractivity contribution in [1.29, 1.82) is 0 Å². The van der Waals surface area contributed by atoms with E-state index in [1.807, 2.05) is 48.5 Å². The number of carboxylic acid groups (broad SMARTS) is 1. The number of unbranched alkanes of at least 4 members (excludes halogenated alkanes) is 2. The number of ether oxygens (including phenoxy) is 1. The van der Waals surface area contributed by atoms with Gasteiger partial charge in [0, 0.05) is 25.6 Å². The molecule has 1 heterocycles. The highest BCUT2D eigenvalue weighted by atomic mass is 16.5. The molecule has 2 aromatic carbocycles. The zero-order chi connectivity index (χ0) is 24.2. The van der Waals surface area contributed by atoms with E-state index in [1.165, 1.54) is 6.20 Å². The summed E-state index contributed by atoms with van der Waals surface area (Å²) in [5.74, 6) is -1.46. The lowest BCUT2D eigenvalue weighted by Crippen LogP contribution is -2.42. The fraction of sp³-hybridized carbons (Fsp3) is 0.320. The Kier molecular flexibility index (Phi) is 9.33. The molecule has 0 saturated carbocycles. The molecule has 0 radical (unpaired) electrons. The first kappa shape index (κ1) is 24.6. The Morgan fingerprint density at radius 2 is 1.68 bits per heavy atom. The Balaban J connectivity index is 1.32. The molecule has 3 aromatic rings. The van der Waals surface area contributed by atoms with Crippen LogP contribution >= 0.6 is 0 Å². The number of carbonyl (C=O) groups excluding carboxylic acids is 2. The summed E-state index contributed by atoms with van der Waals surface area (Å²) in [7, 11) is 0. The van der Waals surface area contributed by atoms with E-state index in [0.29, 0.717) is 37.0 Å². The summed E-state index contributed by atoms with van der Waals surface area (Å²) in [6.45, 7) is 0.649. The predicted octanol–water partition coefficient (Wildman–Crippen LogP) is 3.23. The molecule has 34 heavy (non-hydrogen) atoms. The van der Waals surface area contributed by atoms with Crippen molar-refractivity contribution in [3.8, 4) is 0 Å². The van der Waals surface area contributed by atoms with Gasteiger partial charge in [0.05, 0.1) is 16.7 Å². The zero-order valence-corrected chi connectivity index (χ0v) is 18.8. The van der Waals surface area contributed by atoms with Crippen LogP contribution in [0.2, 0.25) is 0 Å². The largest absolute Gasteiger partial charge is 0.480 e. The number of para-hydroxylation sites is 2. The molecule has 1 aromatic heterocycles. The minimum atomic E-state index is -1.12. The smallest absolute Gasteiger partial charge is 0.407 e. The van der Waals surface area contributed by atoms with Crippen molar-refractivity contribution in [1.82, 2.24) is 20.6 Å². The molecule has 0 spiro atoms. The van der Waals surface area contributed by atoms with Gasteiger partial charge in [-0.15, -0.1) is 0 Å². The molecule has 0 unspecified atom stereocenters. The summed E-state index contributed by atoms with van der Waals surface area (Å²) in [6.07, 6.45) is 3.27. The summed E-state index contributed by atoms with van der Waals surface area (Å²) < 4.78 is 5.13. The third-order valence-electron chi connectivity index (χ3n) is 5.11. The van der Waals surface area contributed by atoms with Crippen LogP contribution in [-0.2, 0) is 27.4 Å². The summed E-state index contributed by atoms with van der Waals surface area (Å²) in [5.41, 5.74) is 2.81. The maximum Gasteiger partial charge on any atom is 0.407 e. The summed E-state index contributed by atoms with van der Waals surface area (Å²) >= 11 is 0. The van der Waals surface area contributed by atoms with Crippen LogP contribution in [0.4, 0.5) is 4.79 Å². The van der Waals surface area contributed by atoms with Gasteiger partial charge < -0.3 is 20.5 Å². The van der Waals surface area contributed by atoms with E-state index in [9.17, 15) is 19.5 Å². The molecule has 1 atom stereocenters. The van der Waals surface area contributed by atoms with Crippen molar-refractivity contribution in [3.63, 3.8) is 0 Å². The zero-order valence-electron chi connectivity index (χ0n) is 18.8. The number of hydrogen-bond donors (Lipinski definition) is 3. The van der Waals surface area contributed by atoms with Crippen LogP contribution in [-0.4, -0.2) is 45.6 Å². The van der Waals surface area contributed by atoms with E-state index in [-0.39, 0.29) is 25.4 Å². The third kappa shape index (κ3) is 8.16. The van der Waals surface area contributed by atoms with Crippen molar-refractivity contribution in [2.75, 3.05) is 6.54 Å². The van der Waals surface area contributed by atoms with Crippen molar-refractivity contribution in [2.45, 2.75) is 44.8 Å². The number of carbonyl (C=O) groups is 3. The first-order valence-corrected chi connectivity index (χ1v) is 11.2. The lowest BCUT2D eigenvalue weighted by molar-refractivity contribution is -0.141. The Bertz CT molecular complexity index is 1110. The molecule has 0 fully saturated rings. The summed E-state index contributed by atoms with van der Waals surface area (Å²) in [5, 5.41) is 14.7. The fourth-order valence-electron chi connectivity index (χ4n) is 3.32. The first-order valence-electron chi connectivity index (χ1n) is 11.2.